The average Bonchev–Trinajstić information content (AvgIpc) is 3.40. The van der Waals surface area contributed by atoms with Crippen molar-refractivity contribution in [3.8, 4) is 0 Å². The minimum Gasteiger partial charge on any atom is -0.369 e. The molecule has 2 aromatic carbocycles. The van der Waals surface area contributed by atoms with E-state index in [1.54, 1.807) is 6.92 Å². The maximum absolute atomic E-state index is 13.2. The predicted molar refractivity (Wildman–Crippen MR) is 115 cm³/mol. The summed E-state index contributed by atoms with van der Waals surface area (Å²) in [6.45, 7) is 1.97. The van der Waals surface area contributed by atoms with Crippen molar-refractivity contribution in [1.82, 2.24) is 4.57 Å². The van der Waals surface area contributed by atoms with Crippen LogP contribution in [0.2, 0.25) is 0 Å². The van der Waals surface area contributed by atoms with Crippen molar-refractivity contribution in [3.05, 3.63) is 90.5 Å². The molecular weight excluding hydrogens is 374 g/mol. The van der Waals surface area contributed by atoms with Crippen molar-refractivity contribution < 1.29 is 14.2 Å². The number of nitrogens with zero attached hydrogens (tertiary/aromatic N) is 2. The molecule has 0 saturated heterocycles. The zero-order valence-electron chi connectivity index (χ0n) is 17.3. The number of primary amides is 1. The molecule has 1 aliphatic carbocycles. The van der Waals surface area contributed by atoms with Gasteiger partial charge in [-0.2, -0.15) is 0 Å². The first-order chi connectivity index (χ1) is 14.5. The second-order valence-corrected chi connectivity index (χ2v) is 8.30. The van der Waals surface area contributed by atoms with Crippen molar-refractivity contribution in [2.45, 2.75) is 44.2 Å². The Bertz CT molecular complexity index is 987. The summed E-state index contributed by atoms with van der Waals surface area (Å²) in [5.41, 5.74) is 7.21. The van der Waals surface area contributed by atoms with Crippen molar-refractivity contribution in [1.29, 1.82) is 0 Å². The van der Waals surface area contributed by atoms with Gasteiger partial charge in [-0.05, 0) is 43.2 Å². The van der Waals surface area contributed by atoms with Gasteiger partial charge in [-0.3, -0.25) is 9.59 Å². The van der Waals surface area contributed by atoms with Crippen molar-refractivity contribution in [2.75, 3.05) is 0 Å². The summed E-state index contributed by atoms with van der Waals surface area (Å²) in [5.74, 6) is -0.0823. The quantitative estimate of drug-likeness (QED) is 0.617. The smallest absolute Gasteiger partial charge is 0.244 e. The standard InChI is InChI=1S/C25H27N3O2/c1-19(29)17-27-14-15-28(18-27)23-13-12-22(16-23)25(24(26)30,20-8-4-2-5-9-20)21-10-6-3-7-11-21/h2-11,14-15,18,22-23H,12-13,16-17H2,1H3,(H-,26,30)/p+1/t22-,23-/m0/s1. The van der Waals surface area contributed by atoms with Crippen LogP contribution in [-0.2, 0) is 21.5 Å². The van der Waals surface area contributed by atoms with E-state index in [2.05, 4.69) is 4.57 Å². The van der Waals surface area contributed by atoms with E-state index in [-0.39, 0.29) is 23.7 Å². The van der Waals surface area contributed by atoms with Gasteiger partial charge in [0.25, 0.3) is 0 Å². The van der Waals surface area contributed by atoms with E-state index >= 15 is 0 Å². The second-order valence-electron chi connectivity index (χ2n) is 8.30. The van der Waals surface area contributed by atoms with E-state index in [9.17, 15) is 9.59 Å². The van der Waals surface area contributed by atoms with Gasteiger partial charge in [-0.15, -0.1) is 0 Å². The Labute approximate surface area is 177 Å². The average molecular weight is 403 g/mol. The Balaban J connectivity index is 1.71. The Morgan fingerprint density at radius 1 is 1.03 bits per heavy atom. The lowest BCUT2D eigenvalue weighted by atomic mass is 9.64. The third-order valence-electron chi connectivity index (χ3n) is 6.40. The molecule has 1 amide bonds. The highest BCUT2D eigenvalue weighted by Gasteiger charge is 2.50. The minimum atomic E-state index is -0.861. The Hall–Kier alpha value is -3.21. The van der Waals surface area contributed by atoms with Gasteiger partial charge in [0.15, 0.2) is 5.78 Å². The van der Waals surface area contributed by atoms with E-state index in [4.69, 9.17) is 5.73 Å². The number of nitrogens with two attached hydrogens (primary N) is 1. The van der Waals surface area contributed by atoms with E-state index < -0.39 is 5.41 Å². The molecule has 1 fully saturated rings. The molecule has 2 N–H and O–H groups in total. The van der Waals surface area contributed by atoms with E-state index in [0.29, 0.717) is 6.54 Å². The molecule has 3 aromatic rings. The first kappa shape index (κ1) is 20.1. The predicted octanol–water partition coefficient (Wildman–Crippen LogP) is 3.18. The molecule has 0 bridgehead atoms. The molecule has 1 aromatic heterocycles. The molecule has 0 radical (unpaired) electrons. The molecule has 0 aliphatic heterocycles. The number of benzene rings is 2. The van der Waals surface area contributed by atoms with Gasteiger partial charge < -0.3 is 5.73 Å². The maximum atomic E-state index is 13.2. The molecule has 0 unspecified atom stereocenters. The second kappa shape index (κ2) is 8.27. The zero-order chi connectivity index (χ0) is 21.1. The van der Waals surface area contributed by atoms with Crippen molar-refractivity contribution >= 4 is 11.7 Å². The molecule has 1 aliphatic rings. The third kappa shape index (κ3) is 3.56. The first-order valence-corrected chi connectivity index (χ1v) is 10.5. The van der Waals surface area contributed by atoms with Crippen LogP contribution in [0.1, 0.15) is 43.4 Å². The molecule has 1 saturated carbocycles. The SMILES string of the molecule is CC(=O)C[n+]1ccn([C@H]2CC[C@H](C(C(N)=O)(c3ccccc3)c3ccccc3)C2)c1. The molecule has 30 heavy (non-hydrogen) atoms. The lowest BCUT2D eigenvalue weighted by molar-refractivity contribution is -0.683. The van der Waals surface area contributed by atoms with Gasteiger partial charge in [0.2, 0.25) is 12.2 Å². The van der Waals surface area contributed by atoms with Gasteiger partial charge in [0.1, 0.15) is 30.4 Å². The number of ketones is 1. The van der Waals surface area contributed by atoms with Crippen LogP contribution in [0.4, 0.5) is 0 Å². The fraction of sp³-hybridized carbons (Fsp3) is 0.320. The molecule has 4 rings (SSSR count). The molecular formula is C25H28N3O2+. The number of carbonyl (C=O) groups excluding carboxylic acids is 2. The van der Waals surface area contributed by atoms with E-state index in [0.717, 1.165) is 30.4 Å². The first-order valence-electron chi connectivity index (χ1n) is 10.5. The van der Waals surface area contributed by atoms with Gasteiger partial charge in [-0.25, -0.2) is 9.13 Å². The van der Waals surface area contributed by atoms with Crippen molar-refractivity contribution in [2.24, 2.45) is 11.7 Å². The summed E-state index contributed by atoms with van der Waals surface area (Å²) < 4.78 is 4.08. The largest absolute Gasteiger partial charge is 0.369 e. The molecule has 2 atom stereocenters. The number of amides is 1. The number of hydrogen-bond acceptors (Lipinski definition) is 2. The Morgan fingerprint density at radius 2 is 1.63 bits per heavy atom. The molecule has 5 nitrogen and oxygen atoms in total. The van der Waals surface area contributed by atoms with Gasteiger partial charge in [0.05, 0.1) is 0 Å². The highest BCUT2D eigenvalue weighted by atomic mass is 16.1. The van der Waals surface area contributed by atoms with Crippen LogP contribution in [0.5, 0.6) is 0 Å². The summed E-state index contributed by atoms with van der Waals surface area (Å²) in [5, 5.41) is 0. The number of hydrogen-bond donors (Lipinski definition) is 1. The van der Waals surface area contributed by atoms with E-state index in [1.165, 1.54) is 0 Å². The van der Waals surface area contributed by atoms with Gasteiger partial charge >= 0.3 is 0 Å². The number of imidazole rings is 1. The Kier molecular flexibility index (Phi) is 5.53. The lowest BCUT2D eigenvalue weighted by Crippen LogP contribution is -2.47. The summed E-state index contributed by atoms with van der Waals surface area (Å²) in [4.78, 5) is 24.6. The van der Waals surface area contributed by atoms with Gasteiger partial charge in [0, 0.05) is 0 Å². The normalized spacial score (nSPS) is 19.0. The zero-order valence-corrected chi connectivity index (χ0v) is 17.3. The summed E-state index contributed by atoms with van der Waals surface area (Å²) in [6, 6.07) is 20.1. The van der Waals surface area contributed by atoms with Crippen LogP contribution in [0.25, 0.3) is 0 Å². The molecule has 154 valence electrons. The third-order valence-corrected chi connectivity index (χ3v) is 6.40. The Morgan fingerprint density at radius 3 is 2.17 bits per heavy atom. The summed E-state index contributed by atoms with van der Waals surface area (Å²) in [6.07, 6.45) is 8.67. The number of aromatic nitrogens is 2. The number of Topliss-reactive ketones (excluding diaryl/α,β-unsaturated/α-hetero) is 1. The fourth-order valence-electron chi connectivity index (χ4n) is 5.13. The number of rotatable bonds is 7. The van der Waals surface area contributed by atoms with Crippen LogP contribution in [0.3, 0.4) is 0 Å². The molecule has 1 heterocycles. The highest BCUT2D eigenvalue weighted by Crippen LogP contribution is 2.49. The van der Waals surface area contributed by atoms with Crippen molar-refractivity contribution in [3.63, 3.8) is 0 Å². The number of carbonyl (C=O) groups is 2. The van der Waals surface area contributed by atoms with E-state index in [1.807, 2.05) is 84.0 Å². The van der Waals surface area contributed by atoms with Crippen LogP contribution < -0.4 is 10.3 Å². The highest BCUT2D eigenvalue weighted by molar-refractivity contribution is 5.91. The van der Waals surface area contributed by atoms with Crippen LogP contribution in [-0.4, -0.2) is 16.3 Å². The monoisotopic (exact) mass is 402 g/mol. The van der Waals surface area contributed by atoms with Crippen LogP contribution >= 0.6 is 0 Å². The van der Waals surface area contributed by atoms with Gasteiger partial charge in [-0.1, -0.05) is 60.7 Å². The van der Waals surface area contributed by atoms with Crippen LogP contribution in [0.15, 0.2) is 79.4 Å². The molecule has 5 heteroatoms. The fourth-order valence-corrected chi connectivity index (χ4v) is 5.13. The minimum absolute atomic E-state index is 0.0912. The van der Waals surface area contributed by atoms with Crippen LogP contribution in [0, 0.1) is 5.92 Å². The lowest BCUT2D eigenvalue weighted by Gasteiger charge is -2.37. The molecule has 0 spiro atoms. The maximum Gasteiger partial charge on any atom is 0.244 e. The topological polar surface area (TPSA) is 69.0 Å². The summed E-state index contributed by atoms with van der Waals surface area (Å²) in [7, 11) is 0. The summed E-state index contributed by atoms with van der Waals surface area (Å²) >= 11 is 0.